The van der Waals surface area contributed by atoms with Crippen molar-refractivity contribution in [2.24, 2.45) is 0 Å². The fraction of sp³-hybridized carbons (Fsp3) is 0.714. The molecule has 0 aromatic heterocycles. The zero-order chi connectivity index (χ0) is 11.0. The van der Waals surface area contributed by atoms with E-state index in [1.807, 2.05) is 0 Å². The highest BCUT2D eigenvalue weighted by atomic mass is 16.5. The van der Waals surface area contributed by atoms with E-state index in [2.05, 4.69) is 15.4 Å². The van der Waals surface area contributed by atoms with Crippen LogP contribution in [0.4, 0.5) is 4.79 Å². The van der Waals surface area contributed by atoms with Gasteiger partial charge in [0.2, 0.25) is 0 Å². The number of hydrogen-bond donors (Lipinski definition) is 4. The molecule has 0 bridgehead atoms. The summed E-state index contributed by atoms with van der Waals surface area (Å²) in [6, 6.07) is -1.93. The lowest BCUT2D eigenvalue weighted by Gasteiger charge is -2.12. The summed E-state index contributed by atoms with van der Waals surface area (Å²) in [4.78, 5) is 21.3. The third-order valence-electron chi connectivity index (χ3n) is 1.38. The fourth-order valence-electron chi connectivity index (χ4n) is 0.661. The first-order chi connectivity index (χ1) is 6.61. The van der Waals surface area contributed by atoms with E-state index < -0.39 is 24.6 Å². The minimum atomic E-state index is -1.28. The number of carbonyl (C=O) groups is 2. The minimum absolute atomic E-state index is 0.278. The molecule has 0 aliphatic heterocycles. The van der Waals surface area contributed by atoms with Crippen molar-refractivity contribution in [3.8, 4) is 0 Å². The van der Waals surface area contributed by atoms with Gasteiger partial charge in [0, 0.05) is 13.7 Å². The molecule has 0 aromatic carbocycles. The maximum absolute atomic E-state index is 10.9. The van der Waals surface area contributed by atoms with Gasteiger partial charge in [0.05, 0.1) is 13.2 Å². The number of hydrogen-bond acceptors (Lipinski definition) is 4. The van der Waals surface area contributed by atoms with E-state index in [0.29, 0.717) is 6.61 Å². The van der Waals surface area contributed by atoms with Crippen LogP contribution in [0.2, 0.25) is 0 Å². The van der Waals surface area contributed by atoms with Crippen molar-refractivity contribution in [1.29, 1.82) is 0 Å². The van der Waals surface area contributed by atoms with Crippen molar-refractivity contribution < 1.29 is 24.5 Å². The molecule has 1 atom stereocenters. The summed E-state index contributed by atoms with van der Waals surface area (Å²) in [6.45, 7) is -0.0303. The zero-order valence-electron chi connectivity index (χ0n) is 7.82. The smallest absolute Gasteiger partial charge is 0.328 e. The summed E-state index contributed by atoms with van der Waals surface area (Å²) >= 11 is 0. The van der Waals surface area contributed by atoms with Crippen molar-refractivity contribution in [3.05, 3.63) is 0 Å². The van der Waals surface area contributed by atoms with Gasteiger partial charge >= 0.3 is 12.0 Å². The standard InChI is InChI=1S/C7H14N2O5/c1-14-3-2-8-7(13)9-5(4-10)6(11)12/h5,10H,2-4H2,1H3,(H,11,12)(H2,8,9,13)/t5-/m1/s1. The zero-order valence-corrected chi connectivity index (χ0v) is 7.82. The lowest BCUT2D eigenvalue weighted by atomic mass is 10.3. The number of aliphatic carboxylic acids is 1. The van der Waals surface area contributed by atoms with Gasteiger partial charge in [-0.05, 0) is 0 Å². The van der Waals surface area contributed by atoms with Crippen LogP contribution in [0.3, 0.4) is 0 Å². The van der Waals surface area contributed by atoms with E-state index >= 15 is 0 Å². The van der Waals surface area contributed by atoms with Crippen molar-refractivity contribution >= 4 is 12.0 Å². The van der Waals surface area contributed by atoms with Gasteiger partial charge in [-0.15, -0.1) is 0 Å². The maximum Gasteiger partial charge on any atom is 0.328 e. The molecule has 0 saturated heterocycles. The number of aliphatic hydroxyl groups is 1. The molecule has 7 nitrogen and oxygen atoms in total. The highest BCUT2D eigenvalue weighted by molar-refractivity contribution is 5.82. The summed E-state index contributed by atoms with van der Waals surface area (Å²) in [5, 5.41) is 21.5. The summed E-state index contributed by atoms with van der Waals surface area (Å²) in [6.07, 6.45) is 0. The van der Waals surface area contributed by atoms with Crippen LogP contribution in [0.5, 0.6) is 0 Å². The predicted octanol–water partition coefficient (Wildman–Crippen LogP) is -1.62. The Morgan fingerprint density at radius 3 is 2.57 bits per heavy atom. The number of ether oxygens (including phenoxy) is 1. The highest BCUT2D eigenvalue weighted by Gasteiger charge is 2.17. The van der Waals surface area contributed by atoms with Crippen LogP contribution < -0.4 is 10.6 Å². The van der Waals surface area contributed by atoms with Crippen LogP contribution in [-0.2, 0) is 9.53 Å². The third-order valence-corrected chi connectivity index (χ3v) is 1.38. The van der Waals surface area contributed by atoms with Gasteiger partial charge in [-0.3, -0.25) is 0 Å². The van der Waals surface area contributed by atoms with Crippen molar-refractivity contribution in [1.82, 2.24) is 10.6 Å². The molecule has 0 saturated carbocycles. The minimum Gasteiger partial charge on any atom is -0.480 e. The molecule has 0 aliphatic carbocycles. The number of nitrogens with one attached hydrogen (secondary N) is 2. The number of urea groups is 1. The van der Waals surface area contributed by atoms with Crippen molar-refractivity contribution in [2.45, 2.75) is 6.04 Å². The Morgan fingerprint density at radius 2 is 2.14 bits per heavy atom. The molecule has 0 rings (SSSR count). The topological polar surface area (TPSA) is 108 Å². The van der Waals surface area contributed by atoms with Crippen LogP contribution in [0.1, 0.15) is 0 Å². The molecular formula is C7H14N2O5. The molecule has 2 amide bonds. The largest absolute Gasteiger partial charge is 0.480 e. The van der Waals surface area contributed by atoms with Gasteiger partial charge in [0.25, 0.3) is 0 Å². The average molecular weight is 206 g/mol. The molecule has 0 spiro atoms. The second-order valence-electron chi connectivity index (χ2n) is 2.47. The second-order valence-corrected chi connectivity index (χ2v) is 2.47. The molecule has 0 aliphatic rings. The molecule has 82 valence electrons. The fourth-order valence-corrected chi connectivity index (χ4v) is 0.661. The van der Waals surface area contributed by atoms with Crippen LogP contribution >= 0.6 is 0 Å². The van der Waals surface area contributed by atoms with E-state index in [4.69, 9.17) is 10.2 Å². The summed E-state index contributed by atoms with van der Waals surface area (Å²) in [5.41, 5.74) is 0. The van der Waals surface area contributed by atoms with E-state index in [-0.39, 0.29) is 6.54 Å². The SMILES string of the molecule is COCCNC(=O)N[C@H](CO)C(=O)O. The number of rotatable bonds is 6. The number of amides is 2. The summed E-state index contributed by atoms with van der Waals surface area (Å²) in [5.74, 6) is -1.28. The van der Waals surface area contributed by atoms with Gasteiger partial charge in [-0.2, -0.15) is 0 Å². The van der Waals surface area contributed by atoms with Gasteiger partial charge < -0.3 is 25.6 Å². The number of carbonyl (C=O) groups excluding carboxylic acids is 1. The molecular weight excluding hydrogens is 192 g/mol. The Balaban J connectivity index is 3.74. The Labute approximate surface area is 81.1 Å². The van der Waals surface area contributed by atoms with Crippen LogP contribution in [0.15, 0.2) is 0 Å². The highest BCUT2D eigenvalue weighted by Crippen LogP contribution is 1.81. The number of carboxylic acid groups (broad SMARTS) is 1. The quantitative estimate of drug-likeness (QED) is 0.390. The number of aliphatic hydroxyl groups excluding tert-OH is 1. The molecule has 0 fully saturated rings. The molecule has 14 heavy (non-hydrogen) atoms. The predicted molar refractivity (Wildman–Crippen MR) is 46.9 cm³/mol. The first-order valence-electron chi connectivity index (χ1n) is 3.98. The molecule has 0 unspecified atom stereocenters. The normalized spacial score (nSPS) is 11.9. The average Bonchev–Trinajstić information content (AvgIpc) is 2.14. The lowest BCUT2D eigenvalue weighted by molar-refractivity contribution is -0.140. The molecule has 4 N–H and O–H groups in total. The van der Waals surface area contributed by atoms with Crippen molar-refractivity contribution in [3.63, 3.8) is 0 Å². The van der Waals surface area contributed by atoms with E-state index in [9.17, 15) is 9.59 Å². The van der Waals surface area contributed by atoms with Gasteiger partial charge in [0.15, 0.2) is 6.04 Å². The maximum atomic E-state index is 10.9. The van der Waals surface area contributed by atoms with Crippen LogP contribution in [0, 0.1) is 0 Å². The third kappa shape index (κ3) is 5.33. The Bertz CT molecular complexity index is 197. The van der Waals surface area contributed by atoms with Gasteiger partial charge in [-0.1, -0.05) is 0 Å². The molecule has 0 heterocycles. The Kier molecular flexibility index (Phi) is 6.42. The first-order valence-corrected chi connectivity index (χ1v) is 3.98. The van der Waals surface area contributed by atoms with Crippen molar-refractivity contribution in [2.75, 3.05) is 26.9 Å². The van der Waals surface area contributed by atoms with Crippen LogP contribution in [0.25, 0.3) is 0 Å². The Hall–Kier alpha value is -1.34. The van der Waals surface area contributed by atoms with E-state index in [1.54, 1.807) is 0 Å². The number of methoxy groups -OCH3 is 1. The van der Waals surface area contributed by atoms with Gasteiger partial charge in [-0.25, -0.2) is 9.59 Å². The van der Waals surface area contributed by atoms with E-state index in [1.165, 1.54) is 7.11 Å². The number of carboxylic acids is 1. The molecule has 0 aromatic rings. The Morgan fingerprint density at radius 1 is 1.50 bits per heavy atom. The summed E-state index contributed by atoms with van der Waals surface area (Å²) < 4.78 is 4.66. The molecule has 0 radical (unpaired) electrons. The lowest BCUT2D eigenvalue weighted by Crippen LogP contribution is -2.48. The van der Waals surface area contributed by atoms with Crippen LogP contribution in [-0.4, -0.2) is 55.1 Å². The summed E-state index contributed by atoms with van der Waals surface area (Å²) in [7, 11) is 1.48. The monoisotopic (exact) mass is 206 g/mol. The first kappa shape index (κ1) is 12.7. The van der Waals surface area contributed by atoms with E-state index in [0.717, 1.165) is 0 Å². The van der Waals surface area contributed by atoms with Gasteiger partial charge in [0.1, 0.15) is 0 Å². The second kappa shape index (κ2) is 7.10. The molecule has 7 heteroatoms.